The van der Waals surface area contributed by atoms with Crippen molar-refractivity contribution in [1.29, 1.82) is 0 Å². The van der Waals surface area contributed by atoms with E-state index < -0.39 is 0 Å². The zero-order chi connectivity index (χ0) is 12.5. The number of nitrogens with zero attached hydrogens (tertiary/aromatic N) is 1. The van der Waals surface area contributed by atoms with E-state index in [1.807, 2.05) is 0 Å². The Bertz CT molecular complexity index is 190. The molecule has 2 N–H and O–H groups in total. The van der Waals surface area contributed by atoms with E-state index in [2.05, 4.69) is 24.1 Å². The second-order valence-electron chi connectivity index (χ2n) is 4.83. The number of nitrogens with one attached hydrogen (secondary N) is 1. The average molecular weight is 244 g/mol. The lowest BCUT2D eigenvalue weighted by molar-refractivity contribution is -0.0255. The van der Waals surface area contributed by atoms with Gasteiger partial charge in [-0.15, -0.1) is 0 Å². The Morgan fingerprint density at radius 2 is 2.29 bits per heavy atom. The van der Waals surface area contributed by atoms with Gasteiger partial charge in [0.1, 0.15) is 0 Å². The van der Waals surface area contributed by atoms with Crippen LogP contribution in [0.25, 0.3) is 0 Å². The van der Waals surface area contributed by atoms with Crippen LogP contribution >= 0.6 is 0 Å². The topological polar surface area (TPSA) is 44.7 Å². The van der Waals surface area contributed by atoms with Gasteiger partial charge in [-0.05, 0) is 25.4 Å². The molecule has 1 aliphatic rings. The minimum atomic E-state index is 0.295. The van der Waals surface area contributed by atoms with Crippen LogP contribution in [0.2, 0.25) is 0 Å². The fraction of sp³-hybridized carbons (Fsp3) is 1.00. The third kappa shape index (κ3) is 5.82. The quantitative estimate of drug-likeness (QED) is 0.660. The summed E-state index contributed by atoms with van der Waals surface area (Å²) in [5.74, 6) is 0.589. The van der Waals surface area contributed by atoms with Crippen molar-refractivity contribution < 1.29 is 9.84 Å². The van der Waals surface area contributed by atoms with Crippen molar-refractivity contribution in [3.63, 3.8) is 0 Å². The third-order valence-electron chi connectivity index (χ3n) is 3.59. The predicted octanol–water partition coefficient (Wildman–Crippen LogP) is 0.705. The van der Waals surface area contributed by atoms with Crippen molar-refractivity contribution in [2.45, 2.75) is 32.8 Å². The standard InChI is InChI=1S/C13H28N2O2/c1-3-12(5-7-16)9-14-10-13-11-15(4-2)6-8-17-13/h12-14,16H,3-11H2,1-2H3. The van der Waals surface area contributed by atoms with Gasteiger partial charge in [0.2, 0.25) is 0 Å². The van der Waals surface area contributed by atoms with E-state index in [0.717, 1.165) is 52.2 Å². The molecule has 102 valence electrons. The lowest BCUT2D eigenvalue weighted by atomic mass is 10.0. The van der Waals surface area contributed by atoms with Gasteiger partial charge >= 0.3 is 0 Å². The molecule has 0 bridgehead atoms. The van der Waals surface area contributed by atoms with Crippen molar-refractivity contribution in [3.05, 3.63) is 0 Å². The highest BCUT2D eigenvalue weighted by atomic mass is 16.5. The van der Waals surface area contributed by atoms with E-state index in [1.165, 1.54) is 0 Å². The van der Waals surface area contributed by atoms with Crippen LogP contribution in [0.3, 0.4) is 0 Å². The van der Waals surface area contributed by atoms with Crippen LogP contribution in [0, 0.1) is 5.92 Å². The van der Waals surface area contributed by atoms with Crippen LogP contribution < -0.4 is 5.32 Å². The molecule has 1 aliphatic heterocycles. The second kappa shape index (κ2) is 8.86. The first-order chi connectivity index (χ1) is 8.30. The summed E-state index contributed by atoms with van der Waals surface area (Å²) in [5, 5.41) is 12.4. The first-order valence-corrected chi connectivity index (χ1v) is 6.95. The van der Waals surface area contributed by atoms with E-state index in [4.69, 9.17) is 9.84 Å². The van der Waals surface area contributed by atoms with E-state index in [9.17, 15) is 0 Å². The van der Waals surface area contributed by atoms with Gasteiger partial charge in [0.15, 0.2) is 0 Å². The Labute approximate surface area is 105 Å². The molecule has 0 aromatic carbocycles. The summed E-state index contributed by atoms with van der Waals surface area (Å²) in [6.45, 7) is 10.7. The molecule has 0 aromatic rings. The molecule has 0 amide bonds. The number of hydrogen-bond acceptors (Lipinski definition) is 4. The van der Waals surface area contributed by atoms with Crippen LogP contribution in [-0.4, -0.2) is 62.0 Å². The van der Waals surface area contributed by atoms with Crippen molar-refractivity contribution in [3.8, 4) is 0 Å². The van der Waals surface area contributed by atoms with Gasteiger partial charge in [-0.25, -0.2) is 0 Å². The fourth-order valence-corrected chi connectivity index (χ4v) is 2.27. The van der Waals surface area contributed by atoms with Gasteiger partial charge in [0.25, 0.3) is 0 Å². The molecule has 0 spiro atoms. The molecule has 2 atom stereocenters. The Morgan fingerprint density at radius 1 is 1.47 bits per heavy atom. The second-order valence-corrected chi connectivity index (χ2v) is 4.83. The van der Waals surface area contributed by atoms with Gasteiger partial charge in [-0.3, -0.25) is 4.90 Å². The molecule has 17 heavy (non-hydrogen) atoms. The third-order valence-corrected chi connectivity index (χ3v) is 3.59. The molecular formula is C13H28N2O2. The summed E-state index contributed by atoms with van der Waals surface area (Å²) in [7, 11) is 0. The van der Waals surface area contributed by atoms with Crippen molar-refractivity contribution in [1.82, 2.24) is 10.2 Å². The van der Waals surface area contributed by atoms with Gasteiger partial charge in [0.05, 0.1) is 12.7 Å². The number of aliphatic hydroxyl groups excluding tert-OH is 1. The molecular weight excluding hydrogens is 216 g/mol. The van der Waals surface area contributed by atoms with Crippen molar-refractivity contribution >= 4 is 0 Å². The SMILES string of the molecule is CCC(CCO)CNCC1CN(CC)CCO1. The van der Waals surface area contributed by atoms with Crippen LogP contribution in [0.5, 0.6) is 0 Å². The molecule has 1 saturated heterocycles. The van der Waals surface area contributed by atoms with E-state index in [1.54, 1.807) is 0 Å². The largest absolute Gasteiger partial charge is 0.396 e. The van der Waals surface area contributed by atoms with Crippen molar-refractivity contribution in [2.75, 3.05) is 45.9 Å². The predicted molar refractivity (Wildman–Crippen MR) is 70.2 cm³/mol. The zero-order valence-electron chi connectivity index (χ0n) is 11.3. The summed E-state index contributed by atoms with van der Waals surface area (Å²) < 4.78 is 5.73. The highest BCUT2D eigenvalue weighted by Gasteiger charge is 2.18. The molecule has 0 aromatic heterocycles. The lowest BCUT2D eigenvalue weighted by Gasteiger charge is -2.32. The first kappa shape index (κ1) is 14.9. The molecule has 0 aliphatic carbocycles. The highest BCUT2D eigenvalue weighted by Crippen LogP contribution is 2.07. The smallest absolute Gasteiger partial charge is 0.0826 e. The molecule has 2 unspecified atom stereocenters. The van der Waals surface area contributed by atoms with Crippen LogP contribution in [-0.2, 0) is 4.74 Å². The molecule has 1 rings (SSSR count). The minimum Gasteiger partial charge on any atom is -0.396 e. The van der Waals surface area contributed by atoms with Gasteiger partial charge in [-0.1, -0.05) is 20.3 Å². The fourth-order valence-electron chi connectivity index (χ4n) is 2.27. The normalized spacial score (nSPS) is 23.8. The van der Waals surface area contributed by atoms with E-state index in [-0.39, 0.29) is 0 Å². The highest BCUT2D eigenvalue weighted by molar-refractivity contribution is 4.73. The molecule has 0 radical (unpaired) electrons. The number of rotatable bonds is 8. The number of ether oxygens (including phenoxy) is 1. The molecule has 4 nitrogen and oxygen atoms in total. The Kier molecular flexibility index (Phi) is 7.77. The van der Waals surface area contributed by atoms with Gasteiger partial charge in [-0.2, -0.15) is 0 Å². The summed E-state index contributed by atoms with van der Waals surface area (Å²) in [4.78, 5) is 2.43. The monoisotopic (exact) mass is 244 g/mol. The number of likely N-dealkylation sites (N-methyl/N-ethyl adjacent to an activating group) is 1. The molecule has 1 heterocycles. The van der Waals surface area contributed by atoms with Crippen LogP contribution in [0.1, 0.15) is 26.7 Å². The van der Waals surface area contributed by atoms with Gasteiger partial charge < -0.3 is 15.2 Å². The Hall–Kier alpha value is -0.160. The van der Waals surface area contributed by atoms with Crippen molar-refractivity contribution in [2.24, 2.45) is 5.92 Å². The van der Waals surface area contributed by atoms with E-state index >= 15 is 0 Å². The van der Waals surface area contributed by atoms with E-state index in [0.29, 0.717) is 18.6 Å². The Balaban J connectivity index is 2.12. The lowest BCUT2D eigenvalue weighted by Crippen LogP contribution is -2.46. The maximum Gasteiger partial charge on any atom is 0.0826 e. The van der Waals surface area contributed by atoms with Crippen LogP contribution in [0.4, 0.5) is 0 Å². The minimum absolute atomic E-state index is 0.295. The first-order valence-electron chi connectivity index (χ1n) is 6.95. The summed E-state index contributed by atoms with van der Waals surface area (Å²) in [6, 6.07) is 0. The van der Waals surface area contributed by atoms with Crippen LogP contribution in [0.15, 0.2) is 0 Å². The maximum atomic E-state index is 8.92. The summed E-state index contributed by atoms with van der Waals surface area (Å²) in [5.41, 5.74) is 0. The zero-order valence-corrected chi connectivity index (χ0v) is 11.3. The van der Waals surface area contributed by atoms with Gasteiger partial charge in [0, 0.05) is 26.2 Å². The number of hydrogen-bond donors (Lipinski definition) is 2. The molecule has 1 fully saturated rings. The summed E-state index contributed by atoms with van der Waals surface area (Å²) >= 11 is 0. The number of aliphatic hydroxyl groups is 1. The molecule has 0 saturated carbocycles. The summed E-state index contributed by atoms with van der Waals surface area (Å²) in [6.07, 6.45) is 2.35. The Morgan fingerprint density at radius 3 is 2.94 bits per heavy atom. The maximum absolute atomic E-state index is 8.92. The number of morpholine rings is 1. The molecule has 4 heteroatoms. The average Bonchev–Trinajstić information content (AvgIpc) is 2.38.